The van der Waals surface area contributed by atoms with Crippen molar-refractivity contribution in [2.45, 2.75) is 6.04 Å². The van der Waals surface area contributed by atoms with Crippen LogP contribution < -0.4 is 5.32 Å². The predicted molar refractivity (Wildman–Crippen MR) is 101 cm³/mol. The van der Waals surface area contributed by atoms with Gasteiger partial charge in [-0.25, -0.2) is 0 Å². The summed E-state index contributed by atoms with van der Waals surface area (Å²) in [6.45, 7) is 3.48. The van der Waals surface area contributed by atoms with Crippen molar-refractivity contribution in [2.24, 2.45) is 0 Å². The van der Waals surface area contributed by atoms with Crippen LogP contribution in [0.1, 0.15) is 22.1 Å². The Bertz CT molecular complexity index is 907. The van der Waals surface area contributed by atoms with Gasteiger partial charge in [0.1, 0.15) is 5.52 Å². The van der Waals surface area contributed by atoms with Gasteiger partial charge in [-0.15, -0.1) is 0 Å². The molecule has 1 N–H and O–H groups in total. The maximum Gasteiger partial charge on any atom is 0.253 e. The first-order valence-corrected chi connectivity index (χ1v) is 9.03. The van der Waals surface area contributed by atoms with E-state index in [4.69, 9.17) is 4.74 Å². The number of para-hydroxylation sites is 1. The monoisotopic (exact) mass is 363 g/mol. The second kappa shape index (κ2) is 8.20. The number of hydrogen-bond donors (Lipinski definition) is 1. The Kier molecular flexibility index (Phi) is 5.32. The van der Waals surface area contributed by atoms with Crippen LogP contribution in [0, 0.1) is 0 Å². The Morgan fingerprint density at radius 3 is 2.70 bits per heavy atom. The SMILES string of the molecule is O=C(NCC(c1ccccn1)N1CCOCC1)c1cccc2nccnc12. The van der Waals surface area contributed by atoms with Gasteiger partial charge in [0.05, 0.1) is 36.0 Å². The maximum absolute atomic E-state index is 12.8. The lowest BCUT2D eigenvalue weighted by Gasteiger charge is -2.34. The van der Waals surface area contributed by atoms with E-state index in [0.29, 0.717) is 36.4 Å². The number of carbonyl (C=O) groups is 1. The third-order valence-corrected chi connectivity index (χ3v) is 4.71. The predicted octanol–water partition coefficient (Wildman–Crippen LogP) is 1.83. The van der Waals surface area contributed by atoms with E-state index in [9.17, 15) is 4.79 Å². The number of aromatic nitrogens is 3. The topological polar surface area (TPSA) is 80.2 Å². The number of benzene rings is 1. The van der Waals surface area contributed by atoms with Crippen LogP contribution in [-0.2, 0) is 4.74 Å². The van der Waals surface area contributed by atoms with Gasteiger partial charge in [-0.05, 0) is 24.3 Å². The Balaban J connectivity index is 1.54. The summed E-state index contributed by atoms with van der Waals surface area (Å²) in [6, 6.07) is 11.3. The molecule has 0 aliphatic carbocycles. The van der Waals surface area contributed by atoms with Crippen molar-refractivity contribution in [1.82, 2.24) is 25.2 Å². The highest BCUT2D eigenvalue weighted by Crippen LogP contribution is 2.20. The number of pyridine rings is 1. The quantitative estimate of drug-likeness (QED) is 0.745. The molecule has 7 heteroatoms. The molecule has 1 unspecified atom stereocenters. The van der Waals surface area contributed by atoms with Crippen LogP contribution in [-0.4, -0.2) is 58.6 Å². The first-order chi connectivity index (χ1) is 13.3. The minimum Gasteiger partial charge on any atom is -0.379 e. The molecule has 1 amide bonds. The zero-order valence-electron chi connectivity index (χ0n) is 14.9. The van der Waals surface area contributed by atoms with Crippen LogP contribution in [0.5, 0.6) is 0 Å². The fourth-order valence-corrected chi connectivity index (χ4v) is 3.34. The molecular formula is C20H21N5O2. The number of fused-ring (bicyclic) bond motifs is 1. The fourth-order valence-electron chi connectivity index (χ4n) is 3.34. The van der Waals surface area contributed by atoms with Crippen molar-refractivity contribution in [3.63, 3.8) is 0 Å². The van der Waals surface area contributed by atoms with E-state index in [1.54, 1.807) is 24.7 Å². The van der Waals surface area contributed by atoms with Crippen molar-refractivity contribution in [3.05, 3.63) is 66.2 Å². The van der Waals surface area contributed by atoms with Gasteiger partial charge in [0.2, 0.25) is 0 Å². The average Bonchev–Trinajstić information content (AvgIpc) is 2.75. The van der Waals surface area contributed by atoms with Crippen molar-refractivity contribution in [2.75, 3.05) is 32.8 Å². The molecule has 0 spiro atoms. The van der Waals surface area contributed by atoms with Gasteiger partial charge in [0.15, 0.2) is 0 Å². The van der Waals surface area contributed by atoms with Crippen LogP contribution in [0.4, 0.5) is 0 Å². The van der Waals surface area contributed by atoms with Crippen molar-refractivity contribution in [3.8, 4) is 0 Å². The van der Waals surface area contributed by atoms with Gasteiger partial charge in [-0.3, -0.25) is 24.6 Å². The lowest BCUT2D eigenvalue weighted by Crippen LogP contribution is -2.44. The molecule has 1 fully saturated rings. The molecule has 0 saturated carbocycles. The molecule has 1 atom stereocenters. The van der Waals surface area contributed by atoms with Gasteiger partial charge in [0.25, 0.3) is 5.91 Å². The molecule has 0 radical (unpaired) electrons. The van der Waals surface area contributed by atoms with E-state index in [1.165, 1.54) is 0 Å². The Hall–Kier alpha value is -2.90. The summed E-state index contributed by atoms with van der Waals surface area (Å²) in [7, 11) is 0. The first-order valence-electron chi connectivity index (χ1n) is 9.03. The fraction of sp³-hybridized carbons (Fsp3) is 0.300. The smallest absolute Gasteiger partial charge is 0.253 e. The number of nitrogens with zero attached hydrogens (tertiary/aromatic N) is 4. The zero-order valence-corrected chi connectivity index (χ0v) is 14.9. The van der Waals surface area contributed by atoms with Crippen LogP contribution in [0.3, 0.4) is 0 Å². The van der Waals surface area contributed by atoms with E-state index >= 15 is 0 Å². The highest BCUT2D eigenvalue weighted by Gasteiger charge is 2.24. The molecular weight excluding hydrogens is 342 g/mol. The molecule has 138 valence electrons. The van der Waals surface area contributed by atoms with Crippen molar-refractivity contribution in [1.29, 1.82) is 0 Å². The van der Waals surface area contributed by atoms with Gasteiger partial charge < -0.3 is 10.1 Å². The second-order valence-corrected chi connectivity index (χ2v) is 6.36. The standard InChI is InChI=1S/C20H21N5O2/c26-20(15-4-3-6-17-19(15)23-9-8-22-17)24-14-18(16-5-1-2-7-21-16)25-10-12-27-13-11-25/h1-9,18H,10-14H2,(H,24,26). The minimum atomic E-state index is -0.157. The van der Waals surface area contributed by atoms with Gasteiger partial charge in [-0.1, -0.05) is 12.1 Å². The summed E-state index contributed by atoms with van der Waals surface area (Å²) in [5, 5.41) is 3.06. The van der Waals surface area contributed by atoms with Crippen molar-refractivity contribution >= 4 is 16.9 Å². The molecule has 3 heterocycles. The van der Waals surface area contributed by atoms with E-state index < -0.39 is 0 Å². The Morgan fingerprint density at radius 2 is 1.89 bits per heavy atom. The molecule has 1 aliphatic rings. The van der Waals surface area contributed by atoms with E-state index in [-0.39, 0.29) is 11.9 Å². The highest BCUT2D eigenvalue weighted by molar-refractivity contribution is 6.04. The zero-order chi connectivity index (χ0) is 18.5. The number of hydrogen-bond acceptors (Lipinski definition) is 6. The van der Waals surface area contributed by atoms with Crippen molar-refractivity contribution < 1.29 is 9.53 Å². The molecule has 0 bridgehead atoms. The number of nitrogens with one attached hydrogen (secondary N) is 1. The summed E-state index contributed by atoms with van der Waals surface area (Å²) < 4.78 is 5.46. The average molecular weight is 363 g/mol. The molecule has 1 aromatic carbocycles. The second-order valence-electron chi connectivity index (χ2n) is 6.36. The van der Waals surface area contributed by atoms with Crippen LogP contribution in [0.2, 0.25) is 0 Å². The van der Waals surface area contributed by atoms with Gasteiger partial charge in [-0.2, -0.15) is 0 Å². The number of carbonyl (C=O) groups excluding carboxylic acids is 1. The summed E-state index contributed by atoms with van der Waals surface area (Å²) in [5.41, 5.74) is 2.79. The third-order valence-electron chi connectivity index (χ3n) is 4.71. The summed E-state index contributed by atoms with van der Waals surface area (Å²) in [5.74, 6) is -0.157. The van der Waals surface area contributed by atoms with Crippen LogP contribution >= 0.6 is 0 Å². The maximum atomic E-state index is 12.8. The number of rotatable bonds is 5. The molecule has 1 saturated heterocycles. The van der Waals surface area contributed by atoms with E-state index in [1.807, 2.05) is 30.3 Å². The van der Waals surface area contributed by atoms with Crippen LogP contribution in [0.15, 0.2) is 55.0 Å². The van der Waals surface area contributed by atoms with Gasteiger partial charge in [0, 0.05) is 38.2 Å². The van der Waals surface area contributed by atoms with E-state index in [0.717, 1.165) is 18.8 Å². The number of amides is 1. The summed E-state index contributed by atoms with van der Waals surface area (Å²) in [4.78, 5) is 28.2. The molecule has 1 aliphatic heterocycles. The summed E-state index contributed by atoms with van der Waals surface area (Å²) in [6.07, 6.45) is 5.01. The first kappa shape index (κ1) is 17.5. The minimum absolute atomic E-state index is 0.000102. The third kappa shape index (κ3) is 3.94. The largest absolute Gasteiger partial charge is 0.379 e. The van der Waals surface area contributed by atoms with Crippen LogP contribution in [0.25, 0.3) is 11.0 Å². The lowest BCUT2D eigenvalue weighted by molar-refractivity contribution is 0.0154. The summed E-state index contributed by atoms with van der Waals surface area (Å²) >= 11 is 0. The van der Waals surface area contributed by atoms with Gasteiger partial charge >= 0.3 is 0 Å². The molecule has 4 rings (SSSR count). The molecule has 7 nitrogen and oxygen atoms in total. The number of ether oxygens (including phenoxy) is 1. The molecule has 3 aromatic rings. The number of morpholine rings is 1. The molecule has 27 heavy (non-hydrogen) atoms. The Morgan fingerprint density at radius 1 is 1.04 bits per heavy atom. The Labute approximate surface area is 157 Å². The van der Waals surface area contributed by atoms with E-state index in [2.05, 4.69) is 25.2 Å². The molecule has 2 aromatic heterocycles. The lowest BCUT2D eigenvalue weighted by atomic mass is 10.1. The highest BCUT2D eigenvalue weighted by atomic mass is 16.5. The normalized spacial score (nSPS) is 16.1.